The van der Waals surface area contributed by atoms with E-state index in [1.807, 2.05) is 35.1 Å². The van der Waals surface area contributed by atoms with E-state index in [0.29, 0.717) is 17.5 Å². The van der Waals surface area contributed by atoms with Crippen molar-refractivity contribution in [1.29, 1.82) is 0 Å². The SMILES string of the molecule is O=C(Nc1ccc(C2NNC(=O)C3CCCCC32)cc1)c1cnn(C2CCNC2)c1. The van der Waals surface area contributed by atoms with Crippen LogP contribution in [-0.4, -0.2) is 34.7 Å². The molecule has 2 aliphatic heterocycles. The molecule has 0 bridgehead atoms. The molecule has 1 aromatic carbocycles. The molecule has 2 saturated heterocycles. The Morgan fingerprint density at radius 1 is 1.13 bits per heavy atom. The van der Waals surface area contributed by atoms with E-state index in [1.54, 1.807) is 6.20 Å². The molecule has 4 unspecified atom stereocenters. The molecule has 1 aromatic heterocycles. The van der Waals surface area contributed by atoms with Gasteiger partial charge in [0.05, 0.1) is 23.8 Å². The zero-order valence-electron chi connectivity index (χ0n) is 16.9. The number of nitrogens with zero attached hydrogens (tertiary/aromatic N) is 2. The van der Waals surface area contributed by atoms with E-state index >= 15 is 0 Å². The maximum Gasteiger partial charge on any atom is 0.258 e. The normalized spacial score (nSPS) is 28.6. The number of carbonyl (C=O) groups excluding carboxylic acids is 2. The lowest BCUT2D eigenvalue weighted by Gasteiger charge is -2.41. The minimum absolute atomic E-state index is 0.0935. The molecule has 0 radical (unpaired) electrons. The first-order chi connectivity index (χ1) is 14.7. The van der Waals surface area contributed by atoms with Gasteiger partial charge >= 0.3 is 0 Å². The van der Waals surface area contributed by atoms with Crippen molar-refractivity contribution in [2.24, 2.45) is 11.8 Å². The molecule has 8 heteroatoms. The third-order valence-corrected chi connectivity index (χ3v) is 6.73. The van der Waals surface area contributed by atoms with Gasteiger partial charge in [-0.3, -0.25) is 19.7 Å². The number of benzene rings is 1. The second-order valence-electron chi connectivity index (χ2n) is 8.60. The van der Waals surface area contributed by atoms with Crippen LogP contribution in [0.5, 0.6) is 0 Å². The summed E-state index contributed by atoms with van der Waals surface area (Å²) in [5.41, 5.74) is 8.49. The molecule has 1 aliphatic carbocycles. The Bertz CT molecular complexity index is 918. The number of hydrogen-bond donors (Lipinski definition) is 4. The van der Waals surface area contributed by atoms with Gasteiger partial charge in [0.15, 0.2) is 0 Å². The number of rotatable bonds is 4. The third-order valence-electron chi connectivity index (χ3n) is 6.73. The van der Waals surface area contributed by atoms with Crippen LogP contribution in [0.25, 0.3) is 0 Å². The first-order valence-electron chi connectivity index (χ1n) is 10.9. The summed E-state index contributed by atoms with van der Waals surface area (Å²) in [4.78, 5) is 24.8. The Hall–Kier alpha value is -2.71. The van der Waals surface area contributed by atoms with E-state index < -0.39 is 0 Å². The summed E-state index contributed by atoms with van der Waals surface area (Å²) in [5, 5.41) is 10.6. The van der Waals surface area contributed by atoms with E-state index in [-0.39, 0.29) is 23.8 Å². The average Bonchev–Trinajstić information content (AvgIpc) is 3.47. The first-order valence-corrected chi connectivity index (χ1v) is 10.9. The Morgan fingerprint density at radius 3 is 2.77 bits per heavy atom. The van der Waals surface area contributed by atoms with Crippen LogP contribution in [0, 0.1) is 11.8 Å². The Balaban J connectivity index is 1.25. The minimum atomic E-state index is -0.157. The summed E-state index contributed by atoms with van der Waals surface area (Å²) in [6, 6.07) is 8.34. The third kappa shape index (κ3) is 3.73. The van der Waals surface area contributed by atoms with Crippen molar-refractivity contribution in [2.75, 3.05) is 18.4 Å². The summed E-state index contributed by atoms with van der Waals surface area (Å²) in [7, 11) is 0. The smallest absolute Gasteiger partial charge is 0.258 e. The van der Waals surface area contributed by atoms with Crippen LogP contribution in [0.15, 0.2) is 36.7 Å². The van der Waals surface area contributed by atoms with Crippen LogP contribution >= 0.6 is 0 Å². The topological polar surface area (TPSA) is 100 Å². The van der Waals surface area contributed by atoms with E-state index in [1.165, 1.54) is 6.42 Å². The largest absolute Gasteiger partial charge is 0.322 e. The van der Waals surface area contributed by atoms with Crippen molar-refractivity contribution in [3.63, 3.8) is 0 Å². The van der Waals surface area contributed by atoms with Gasteiger partial charge in [-0.1, -0.05) is 25.0 Å². The number of nitrogens with one attached hydrogen (secondary N) is 4. The van der Waals surface area contributed by atoms with Gasteiger partial charge in [0.2, 0.25) is 5.91 Å². The van der Waals surface area contributed by atoms with Crippen LogP contribution in [0.4, 0.5) is 5.69 Å². The Morgan fingerprint density at radius 2 is 1.97 bits per heavy atom. The molecule has 3 fully saturated rings. The average molecular weight is 409 g/mol. The van der Waals surface area contributed by atoms with Gasteiger partial charge in [-0.05, 0) is 49.4 Å². The quantitative estimate of drug-likeness (QED) is 0.621. The predicted molar refractivity (Wildman–Crippen MR) is 113 cm³/mol. The molecule has 0 spiro atoms. The second-order valence-corrected chi connectivity index (χ2v) is 8.60. The predicted octanol–water partition coefficient (Wildman–Crippen LogP) is 2.15. The number of amides is 2. The molecule has 3 heterocycles. The number of anilines is 1. The van der Waals surface area contributed by atoms with Crippen molar-refractivity contribution in [2.45, 2.75) is 44.2 Å². The van der Waals surface area contributed by atoms with Crippen LogP contribution in [0.1, 0.15) is 60.1 Å². The van der Waals surface area contributed by atoms with Crippen molar-refractivity contribution in [3.8, 4) is 0 Å². The number of hydrazine groups is 1. The molecule has 8 nitrogen and oxygen atoms in total. The zero-order valence-corrected chi connectivity index (χ0v) is 16.9. The molecule has 2 amide bonds. The molecule has 30 heavy (non-hydrogen) atoms. The maximum atomic E-state index is 12.6. The van der Waals surface area contributed by atoms with Crippen molar-refractivity contribution in [3.05, 3.63) is 47.8 Å². The number of fused-ring (bicyclic) bond motifs is 1. The van der Waals surface area contributed by atoms with Gasteiger partial charge in [0.1, 0.15) is 0 Å². The van der Waals surface area contributed by atoms with Crippen molar-refractivity contribution >= 4 is 17.5 Å². The monoisotopic (exact) mass is 408 g/mol. The summed E-state index contributed by atoms with van der Waals surface area (Å²) in [6.07, 6.45) is 8.80. The highest BCUT2D eigenvalue weighted by atomic mass is 16.2. The fourth-order valence-electron chi connectivity index (χ4n) is 5.06. The molecule has 158 valence electrons. The number of hydrogen-bond acceptors (Lipinski definition) is 5. The van der Waals surface area contributed by atoms with Crippen LogP contribution in [0.3, 0.4) is 0 Å². The summed E-state index contributed by atoms with van der Waals surface area (Å²) in [6.45, 7) is 1.88. The van der Waals surface area contributed by atoms with Gasteiger partial charge in [-0.2, -0.15) is 5.10 Å². The molecule has 4 N–H and O–H groups in total. The highest BCUT2D eigenvalue weighted by molar-refractivity contribution is 6.03. The van der Waals surface area contributed by atoms with Gasteiger partial charge < -0.3 is 10.6 Å². The fourth-order valence-corrected chi connectivity index (χ4v) is 5.06. The van der Waals surface area contributed by atoms with Gasteiger partial charge in [0, 0.05) is 24.3 Å². The van der Waals surface area contributed by atoms with Crippen molar-refractivity contribution in [1.82, 2.24) is 25.9 Å². The van der Waals surface area contributed by atoms with Crippen molar-refractivity contribution < 1.29 is 9.59 Å². The Kier molecular flexibility index (Phi) is 5.26. The summed E-state index contributed by atoms with van der Waals surface area (Å²) in [5.74, 6) is 0.379. The standard InChI is InChI=1S/C22H28N6O2/c29-21(15-11-24-28(13-15)17-9-10-23-12-17)25-16-7-5-14(6-8-16)20-18-3-1-2-4-19(18)22(30)27-26-20/h5-8,11,13,17-20,23,26H,1-4,9-10,12H2,(H,25,29)(H,27,30). The molecule has 3 aliphatic rings. The number of aromatic nitrogens is 2. The lowest BCUT2D eigenvalue weighted by molar-refractivity contribution is -0.133. The molecular weight excluding hydrogens is 380 g/mol. The lowest BCUT2D eigenvalue weighted by Crippen LogP contribution is -2.55. The van der Waals surface area contributed by atoms with E-state index in [9.17, 15) is 9.59 Å². The summed E-state index contributed by atoms with van der Waals surface area (Å²) < 4.78 is 1.88. The fraction of sp³-hybridized carbons (Fsp3) is 0.500. The molecule has 1 saturated carbocycles. The number of carbonyl (C=O) groups is 2. The highest BCUT2D eigenvalue weighted by Crippen LogP contribution is 2.40. The Labute approximate surface area is 175 Å². The van der Waals surface area contributed by atoms with Gasteiger partial charge in [0.25, 0.3) is 5.91 Å². The molecule has 5 rings (SSSR count). The molecule has 2 aromatic rings. The van der Waals surface area contributed by atoms with E-state index in [0.717, 1.165) is 50.0 Å². The van der Waals surface area contributed by atoms with E-state index in [2.05, 4.69) is 26.6 Å². The van der Waals surface area contributed by atoms with Crippen LogP contribution in [0.2, 0.25) is 0 Å². The highest BCUT2D eigenvalue weighted by Gasteiger charge is 2.40. The second kappa shape index (κ2) is 8.20. The maximum absolute atomic E-state index is 12.6. The van der Waals surface area contributed by atoms with Gasteiger partial charge in [-0.25, -0.2) is 5.43 Å². The molecule has 4 atom stereocenters. The lowest BCUT2D eigenvalue weighted by atomic mass is 9.72. The summed E-state index contributed by atoms with van der Waals surface area (Å²) >= 11 is 0. The minimum Gasteiger partial charge on any atom is -0.322 e. The van der Waals surface area contributed by atoms with Crippen LogP contribution in [-0.2, 0) is 4.79 Å². The van der Waals surface area contributed by atoms with Gasteiger partial charge in [-0.15, -0.1) is 0 Å². The van der Waals surface area contributed by atoms with E-state index in [4.69, 9.17) is 0 Å². The first kappa shape index (κ1) is 19.3. The molecular formula is C22H28N6O2. The zero-order chi connectivity index (χ0) is 20.5. The van der Waals surface area contributed by atoms with Crippen LogP contribution < -0.4 is 21.5 Å².